The molecule has 0 spiro atoms. The summed E-state index contributed by atoms with van der Waals surface area (Å²) < 4.78 is 12.1. The number of carbonyl (C=O) groups excluding carboxylic acids is 1. The average Bonchev–Trinajstić information content (AvgIpc) is 3.48. The lowest BCUT2D eigenvalue weighted by Crippen LogP contribution is -2.20. The molecular weight excluding hydrogens is 540 g/mol. The predicted octanol–water partition coefficient (Wildman–Crippen LogP) is 10.1. The van der Waals surface area contributed by atoms with Crippen molar-refractivity contribution < 1.29 is 14.3 Å². The fraction of sp³-hybridized carbons (Fsp3) is 0.583. The van der Waals surface area contributed by atoms with E-state index in [9.17, 15) is 4.79 Å². The normalized spacial score (nSPS) is 13.0. The van der Waals surface area contributed by atoms with Crippen LogP contribution in [0.2, 0.25) is 0 Å². The van der Waals surface area contributed by atoms with Gasteiger partial charge in [0.1, 0.15) is 11.5 Å². The van der Waals surface area contributed by atoms with Gasteiger partial charge in [0.05, 0.1) is 12.5 Å². The molecule has 2 aromatic carbocycles. The van der Waals surface area contributed by atoms with Crippen molar-refractivity contribution in [2.45, 2.75) is 117 Å². The van der Waals surface area contributed by atoms with E-state index in [1.165, 1.54) is 76.2 Å². The lowest BCUT2D eigenvalue weighted by Gasteiger charge is -2.24. The van der Waals surface area contributed by atoms with Crippen LogP contribution in [0, 0.1) is 0 Å². The standard InChI is InChI=1S/C36H54N2O3S/c1-5-6-7-8-9-10-11-12-13-14-15-16-24-40-34-22-21-32(26-33(34)36(2,3)4)41-28-35(39)37-31-19-17-30(18-20-31)27-38-23-25-42-29-38/h17-23,25-26H,5-16,24,27-29H2,1-4H3,(H,37,39). The van der Waals surface area contributed by atoms with Crippen molar-refractivity contribution in [3.05, 3.63) is 65.2 Å². The Morgan fingerprint density at radius 2 is 1.50 bits per heavy atom. The fourth-order valence-corrected chi connectivity index (χ4v) is 5.83. The van der Waals surface area contributed by atoms with Crippen LogP contribution >= 0.6 is 11.8 Å². The van der Waals surface area contributed by atoms with Crippen LogP contribution in [0.3, 0.4) is 0 Å². The van der Waals surface area contributed by atoms with Crippen LogP contribution in [0.4, 0.5) is 5.69 Å². The lowest BCUT2D eigenvalue weighted by molar-refractivity contribution is -0.118. The first-order chi connectivity index (χ1) is 20.3. The van der Waals surface area contributed by atoms with Crippen molar-refractivity contribution in [2.24, 2.45) is 0 Å². The van der Waals surface area contributed by atoms with E-state index in [0.717, 1.165) is 42.4 Å². The molecule has 1 aliphatic rings. The highest BCUT2D eigenvalue weighted by Gasteiger charge is 2.20. The van der Waals surface area contributed by atoms with E-state index in [1.54, 1.807) is 11.8 Å². The fourth-order valence-electron chi connectivity index (χ4n) is 5.12. The highest BCUT2D eigenvalue weighted by molar-refractivity contribution is 8.02. The second kappa shape index (κ2) is 18.8. The van der Waals surface area contributed by atoms with E-state index < -0.39 is 0 Å². The van der Waals surface area contributed by atoms with Crippen LogP contribution < -0.4 is 14.8 Å². The van der Waals surface area contributed by atoms with Crippen molar-refractivity contribution in [3.63, 3.8) is 0 Å². The van der Waals surface area contributed by atoms with Crippen molar-refractivity contribution in [1.29, 1.82) is 0 Å². The number of hydrogen-bond donors (Lipinski definition) is 1. The Labute approximate surface area is 259 Å². The first kappa shape index (κ1) is 33.9. The summed E-state index contributed by atoms with van der Waals surface area (Å²) in [5.41, 5.74) is 2.99. The van der Waals surface area contributed by atoms with Gasteiger partial charge in [-0.05, 0) is 53.1 Å². The molecule has 232 valence electrons. The zero-order valence-corrected chi connectivity index (χ0v) is 27.4. The topological polar surface area (TPSA) is 50.8 Å². The minimum Gasteiger partial charge on any atom is -0.493 e. The Morgan fingerprint density at radius 3 is 2.10 bits per heavy atom. The van der Waals surface area contributed by atoms with Crippen molar-refractivity contribution in [1.82, 2.24) is 4.90 Å². The SMILES string of the molecule is CCCCCCCCCCCCCCOc1ccc(OCC(=O)Nc2ccc(CN3C=CSC3)cc2)cc1C(C)(C)C. The van der Waals surface area contributed by atoms with Gasteiger partial charge in [-0.25, -0.2) is 0 Å². The summed E-state index contributed by atoms with van der Waals surface area (Å²) >= 11 is 1.80. The molecule has 1 amide bonds. The molecule has 0 radical (unpaired) electrons. The Kier molecular flexibility index (Phi) is 15.2. The quantitative estimate of drug-likeness (QED) is 0.155. The summed E-state index contributed by atoms with van der Waals surface area (Å²) in [7, 11) is 0. The number of carbonyl (C=O) groups is 1. The maximum absolute atomic E-state index is 12.6. The van der Waals surface area contributed by atoms with Gasteiger partial charge in [-0.2, -0.15) is 0 Å². The molecule has 0 fully saturated rings. The van der Waals surface area contributed by atoms with Crippen molar-refractivity contribution in [2.75, 3.05) is 24.4 Å². The highest BCUT2D eigenvalue weighted by Crippen LogP contribution is 2.34. The zero-order chi connectivity index (χ0) is 30.0. The van der Waals surface area contributed by atoms with E-state index in [4.69, 9.17) is 9.47 Å². The molecule has 0 saturated carbocycles. The van der Waals surface area contributed by atoms with Crippen molar-refractivity contribution >= 4 is 23.4 Å². The van der Waals surface area contributed by atoms with Gasteiger partial charge in [-0.3, -0.25) is 4.79 Å². The van der Waals surface area contributed by atoms with E-state index in [-0.39, 0.29) is 17.9 Å². The van der Waals surface area contributed by atoms with E-state index in [2.05, 4.69) is 61.7 Å². The summed E-state index contributed by atoms with van der Waals surface area (Å²) in [4.78, 5) is 14.8. The van der Waals surface area contributed by atoms with Crippen LogP contribution in [0.5, 0.6) is 11.5 Å². The number of unbranched alkanes of at least 4 members (excludes halogenated alkanes) is 11. The Morgan fingerprint density at radius 1 is 0.857 bits per heavy atom. The maximum atomic E-state index is 12.6. The summed E-state index contributed by atoms with van der Waals surface area (Å²) in [6.07, 6.45) is 18.1. The van der Waals surface area contributed by atoms with E-state index in [0.29, 0.717) is 5.75 Å². The molecule has 0 unspecified atom stereocenters. The number of ether oxygens (including phenoxy) is 2. The minimum atomic E-state index is -0.175. The molecule has 2 aromatic rings. The molecule has 0 saturated heterocycles. The third-order valence-electron chi connectivity index (χ3n) is 7.62. The highest BCUT2D eigenvalue weighted by atomic mass is 32.2. The molecule has 1 heterocycles. The first-order valence-corrected chi connectivity index (χ1v) is 17.2. The van der Waals surface area contributed by atoms with Crippen LogP contribution in [0.15, 0.2) is 54.1 Å². The summed E-state index contributed by atoms with van der Waals surface area (Å²) in [6, 6.07) is 13.9. The van der Waals surface area contributed by atoms with Crippen LogP contribution in [0.1, 0.15) is 116 Å². The summed E-state index contributed by atoms with van der Waals surface area (Å²) in [6.45, 7) is 10.4. The second-order valence-corrected chi connectivity index (χ2v) is 13.4. The van der Waals surface area contributed by atoms with Crippen molar-refractivity contribution in [3.8, 4) is 11.5 Å². The first-order valence-electron chi connectivity index (χ1n) is 16.2. The smallest absolute Gasteiger partial charge is 0.262 e. The van der Waals surface area contributed by atoms with Crippen LogP contribution in [-0.4, -0.2) is 29.9 Å². The molecule has 0 atom stereocenters. The summed E-state index contributed by atoms with van der Waals surface area (Å²) in [5.74, 6) is 2.40. The third-order valence-corrected chi connectivity index (χ3v) is 8.41. The zero-order valence-electron chi connectivity index (χ0n) is 26.6. The van der Waals surface area contributed by atoms with Gasteiger partial charge < -0.3 is 19.7 Å². The number of thioether (sulfide) groups is 1. The Balaban J connectivity index is 1.35. The van der Waals surface area contributed by atoms with Gasteiger partial charge in [-0.1, -0.05) is 110 Å². The summed E-state index contributed by atoms with van der Waals surface area (Å²) in [5, 5.41) is 5.05. The van der Waals surface area contributed by atoms with Gasteiger partial charge >= 0.3 is 0 Å². The number of hydrogen-bond acceptors (Lipinski definition) is 5. The van der Waals surface area contributed by atoms with Gasteiger partial charge in [0.2, 0.25) is 0 Å². The number of nitrogens with one attached hydrogen (secondary N) is 1. The molecule has 0 aromatic heterocycles. The van der Waals surface area contributed by atoms with Gasteiger partial charge in [-0.15, -0.1) is 11.8 Å². The maximum Gasteiger partial charge on any atom is 0.262 e. The molecule has 0 aliphatic carbocycles. The number of amides is 1. The number of anilines is 1. The average molecular weight is 595 g/mol. The Bertz CT molecular complexity index is 1080. The van der Waals surface area contributed by atoms with Crippen LogP contribution in [-0.2, 0) is 16.8 Å². The number of benzene rings is 2. The monoisotopic (exact) mass is 594 g/mol. The molecule has 5 nitrogen and oxygen atoms in total. The van der Waals surface area contributed by atoms with E-state index >= 15 is 0 Å². The van der Waals surface area contributed by atoms with Gasteiger partial charge in [0.25, 0.3) is 5.91 Å². The molecule has 42 heavy (non-hydrogen) atoms. The molecule has 1 N–H and O–H groups in total. The molecule has 3 rings (SSSR count). The second-order valence-electron chi connectivity index (χ2n) is 12.5. The van der Waals surface area contributed by atoms with Crippen LogP contribution in [0.25, 0.3) is 0 Å². The largest absolute Gasteiger partial charge is 0.493 e. The predicted molar refractivity (Wildman–Crippen MR) is 179 cm³/mol. The third kappa shape index (κ3) is 13.1. The minimum absolute atomic E-state index is 0.0415. The van der Waals surface area contributed by atoms with Gasteiger partial charge in [0.15, 0.2) is 6.61 Å². The van der Waals surface area contributed by atoms with E-state index in [1.807, 2.05) is 30.3 Å². The number of rotatable bonds is 20. The molecule has 0 bridgehead atoms. The molecule has 1 aliphatic heterocycles. The molecule has 6 heteroatoms. The molecular formula is C36H54N2O3S. The lowest BCUT2D eigenvalue weighted by atomic mass is 9.86. The number of nitrogens with zero attached hydrogens (tertiary/aromatic N) is 1. The Hall–Kier alpha value is -2.60. The van der Waals surface area contributed by atoms with Gasteiger partial charge in [0, 0.05) is 24.0 Å².